The van der Waals surface area contributed by atoms with Gasteiger partial charge in [-0.2, -0.15) is 0 Å². The van der Waals surface area contributed by atoms with Gasteiger partial charge in [0.2, 0.25) is 0 Å². The Kier molecular flexibility index (Phi) is 15.1. The molecule has 0 fully saturated rings. The van der Waals surface area contributed by atoms with Crippen molar-refractivity contribution in [2.45, 2.75) is 89.1 Å². The van der Waals surface area contributed by atoms with Crippen LogP contribution in [-0.4, -0.2) is 129 Å². The molecule has 0 aliphatic heterocycles. The van der Waals surface area contributed by atoms with Gasteiger partial charge in [-0.3, -0.25) is 0 Å². The predicted octanol–water partition coefficient (Wildman–Crippen LogP) is -0.530. The van der Waals surface area contributed by atoms with Crippen molar-refractivity contribution in [2.75, 3.05) is 40.0 Å². The molecule has 0 amide bonds. The van der Waals surface area contributed by atoms with Gasteiger partial charge in [-0.05, 0) is 59.5 Å². The zero-order chi connectivity index (χ0) is 25.1. The molecule has 0 aliphatic rings. The van der Waals surface area contributed by atoms with Gasteiger partial charge >= 0.3 is 8.56 Å². The lowest BCUT2D eigenvalue weighted by Gasteiger charge is -2.35. The molecule has 0 radical (unpaired) electrons. The molecule has 0 saturated heterocycles. The predicted molar refractivity (Wildman–Crippen MR) is 127 cm³/mol. The highest BCUT2D eigenvalue weighted by Gasteiger charge is 2.37. The minimum absolute atomic E-state index is 0.0437. The van der Waals surface area contributed by atoms with Crippen LogP contribution in [0.5, 0.6) is 0 Å². The summed E-state index contributed by atoms with van der Waals surface area (Å²) in [5.41, 5.74) is 0. The summed E-state index contributed by atoms with van der Waals surface area (Å²) in [4.78, 5) is 1.59. The molecule has 6 atom stereocenters. The zero-order valence-electron chi connectivity index (χ0n) is 20.8. The third kappa shape index (κ3) is 14.3. The Balaban J connectivity index is 4.31. The lowest BCUT2D eigenvalue weighted by Crippen LogP contribution is -2.50. The standard InChI is InChI=1S/C20H47NO9Si2/c1-15(2)29-32(7,30-31(4,5)6)10-8-9-28-14-16(23)11-21(3)12-17(24)19(26)20(27)18(25)13-22/h15-20,22-27H,8-14H2,1-7H3. The van der Waals surface area contributed by atoms with Crippen LogP contribution >= 0.6 is 0 Å². The van der Waals surface area contributed by atoms with Crippen molar-refractivity contribution in [2.24, 2.45) is 0 Å². The summed E-state index contributed by atoms with van der Waals surface area (Å²) >= 11 is 0. The SMILES string of the molecule is CC(C)O[Si](C)(CCCOCC(O)CN(C)CC(O)C(O)C(O)C(O)CO)O[Si](C)(C)C. The van der Waals surface area contributed by atoms with Crippen LogP contribution in [0.2, 0.25) is 32.2 Å². The van der Waals surface area contributed by atoms with Crippen LogP contribution in [0.25, 0.3) is 0 Å². The highest BCUT2D eigenvalue weighted by atomic mass is 28.4. The highest BCUT2D eigenvalue weighted by molar-refractivity contribution is 6.81. The monoisotopic (exact) mass is 501 g/mol. The molecule has 0 rings (SSSR count). The number of ether oxygens (including phenoxy) is 1. The Morgan fingerprint density at radius 2 is 1.44 bits per heavy atom. The number of rotatable bonds is 18. The molecule has 194 valence electrons. The zero-order valence-corrected chi connectivity index (χ0v) is 22.8. The van der Waals surface area contributed by atoms with E-state index in [0.717, 1.165) is 12.5 Å². The molecule has 0 aromatic carbocycles. The van der Waals surface area contributed by atoms with E-state index in [1.807, 2.05) is 13.8 Å². The minimum atomic E-state index is -2.30. The first-order chi connectivity index (χ1) is 14.6. The molecule has 0 saturated carbocycles. The van der Waals surface area contributed by atoms with E-state index in [-0.39, 0.29) is 25.8 Å². The fraction of sp³-hybridized carbons (Fsp3) is 1.00. The highest BCUT2D eigenvalue weighted by Crippen LogP contribution is 2.23. The summed E-state index contributed by atoms with van der Waals surface area (Å²) in [6, 6.07) is 0.803. The van der Waals surface area contributed by atoms with Crippen LogP contribution in [0.4, 0.5) is 0 Å². The van der Waals surface area contributed by atoms with E-state index in [1.165, 1.54) is 0 Å². The molecule has 0 spiro atoms. The second kappa shape index (κ2) is 15.1. The van der Waals surface area contributed by atoms with Gasteiger partial charge in [0, 0.05) is 25.8 Å². The molecule has 10 nitrogen and oxygen atoms in total. The van der Waals surface area contributed by atoms with Gasteiger partial charge in [0.05, 0.1) is 25.4 Å². The maximum Gasteiger partial charge on any atom is 0.324 e. The summed E-state index contributed by atoms with van der Waals surface area (Å²) in [5, 5.41) is 57.9. The Hall–Kier alpha value is 0.0338. The lowest BCUT2D eigenvalue weighted by atomic mass is 10.0. The number of aliphatic hydroxyl groups is 6. The first kappa shape index (κ1) is 32.0. The molecule has 32 heavy (non-hydrogen) atoms. The average Bonchev–Trinajstić information content (AvgIpc) is 2.63. The topological polar surface area (TPSA) is 152 Å². The van der Waals surface area contributed by atoms with Crippen molar-refractivity contribution >= 4 is 16.9 Å². The van der Waals surface area contributed by atoms with Gasteiger partial charge in [0.1, 0.15) is 18.3 Å². The number of likely N-dealkylation sites (N-methyl/N-ethyl adjacent to an activating group) is 1. The van der Waals surface area contributed by atoms with E-state index in [4.69, 9.17) is 18.4 Å². The molecule has 0 aliphatic carbocycles. The van der Waals surface area contributed by atoms with Crippen LogP contribution < -0.4 is 0 Å². The second-order valence-electron chi connectivity index (χ2n) is 9.87. The van der Waals surface area contributed by atoms with Crippen molar-refractivity contribution in [3.8, 4) is 0 Å². The Labute approximate surface area is 195 Å². The van der Waals surface area contributed by atoms with Crippen molar-refractivity contribution in [3.05, 3.63) is 0 Å². The van der Waals surface area contributed by atoms with Crippen molar-refractivity contribution in [1.29, 1.82) is 0 Å². The summed E-state index contributed by atoms with van der Waals surface area (Å²) in [6.07, 6.45) is -6.14. The number of nitrogens with zero attached hydrogens (tertiary/aromatic N) is 1. The first-order valence-electron chi connectivity index (χ1n) is 11.3. The number of hydrogen-bond donors (Lipinski definition) is 6. The van der Waals surface area contributed by atoms with Crippen LogP contribution in [0.1, 0.15) is 20.3 Å². The van der Waals surface area contributed by atoms with Crippen molar-refractivity contribution < 1.29 is 43.9 Å². The molecular formula is C20H47NO9Si2. The van der Waals surface area contributed by atoms with Crippen LogP contribution in [0.3, 0.4) is 0 Å². The quantitative estimate of drug-likeness (QED) is 0.107. The maximum absolute atomic E-state index is 10.2. The van der Waals surface area contributed by atoms with E-state index >= 15 is 0 Å². The summed E-state index contributed by atoms with van der Waals surface area (Å²) in [5.74, 6) is 0. The van der Waals surface area contributed by atoms with E-state index < -0.39 is 54.0 Å². The summed E-state index contributed by atoms with van der Waals surface area (Å²) in [7, 11) is -2.39. The van der Waals surface area contributed by atoms with E-state index in [1.54, 1.807) is 11.9 Å². The Bertz CT molecular complexity index is 498. The largest absolute Gasteiger partial charge is 0.436 e. The summed E-state index contributed by atoms with van der Waals surface area (Å²) in [6.45, 7) is 12.5. The van der Waals surface area contributed by atoms with Gasteiger partial charge in [0.25, 0.3) is 0 Å². The molecule has 0 aromatic heterocycles. The van der Waals surface area contributed by atoms with Crippen molar-refractivity contribution in [3.63, 3.8) is 0 Å². The second-order valence-corrected chi connectivity index (χ2v) is 17.9. The van der Waals surface area contributed by atoms with Crippen LogP contribution in [-0.2, 0) is 13.3 Å². The third-order valence-electron chi connectivity index (χ3n) is 4.58. The van der Waals surface area contributed by atoms with E-state index in [2.05, 4.69) is 26.2 Å². The van der Waals surface area contributed by atoms with Crippen LogP contribution in [0, 0.1) is 0 Å². The molecule has 0 aromatic rings. The molecule has 6 unspecified atom stereocenters. The average molecular weight is 502 g/mol. The van der Waals surface area contributed by atoms with E-state index in [0.29, 0.717) is 6.61 Å². The third-order valence-corrected chi connectivity index (χ3v) is 11.0. The van der Waals surface area contributed by atoms with Gasteiger partial charge in [-0.1, -0.05) is 0 Å². The lowest BCUT2D eigenvalue weighted by molar-refractivity contribution is -0.119. The van der Waals surface area contributed by atoms with Gasteiger partial charge < -0.3 is 48.8 Å². The minimum Gasteiger partial charge on any atom is -0.436 e. The molecular weight excluding hydrogens is 454 g/mol. The fourth-order valence-corrected chi connectivity index (χ4v) is 11.2. The maximum atomic E-state index is 10.2. The van der Waals surface area contributed by atoms with Crippen LogP contribution in [0.15, 0.2) is 0 Å². The summed E-state index contributed by atoms with van der Waals surface area (Å²) < 4.78 is 18.1. The Morgan fingerprint density at radius 1 is 0.875 bits per heavy atom. The Morgan fingerprint density at radius 3 is 1.94 bits per heavy atom. The van der Waals surface area contributed by atoms with Gasteiger partial charge in [-0.15, -0.1) is 0 Å². The van der Waals surface area contributed by atoms with Gasteiger partial charge in [0.15, 0.2) is 8.32 Å². The van der Waals surface area contributed by atoms with E-state index in [9.17, 15) is 25.5 Å². The fourth-order valence-electron chi connectivity index (χ4n) is 3.47. The molecule has 0 heterocycles. The number of aliphatic hydroxyl groups excluding tert-OH is 6. The normalized spacial score (nSPS) is 19.6. The first-order valence-corrected chi connectivity index (χ1v) is 17.2. The van der Waals surface area contributed by atoms with Gasteiger partial charge in [-0.25, -0.2) is 0 Å². The molecule has 6 N–H and O–H groups in total. The number of hydrogen-bond acceptors (Lipinski definition) is 10. The molecule has 12 heteroatoms. The smallest absolute Gasteiger partial charge is 0.324 e. The van der Waals surface area contributed by atoms with Crippen molar-refractivity contribution in [1.82, 2.24) is 4.90 Å². The molecule has 0 bridgehead atoms.